The van der Waals surface area contributed by atoms with Gasteiger partial charge in [0, 0.05) is 52.8 Å². The number of sulfonamides is 1. The maximum atomic E-state index is 14.3. The molecule has 1 aromatic heterocycles. The summed E-state index contributed by atoms with van der Waals surface area (Å²) in [6, 6.07) is 12.3. The monoisotopic (exact) mass is 628 g/mol. The van der Waals surface area contributed by atoms with Crippen LogP contribution in [0.15, 0.2) is 42.0 Å². The third-order valence-corrected chi connectivity index (χ3v) is 12.6. The number of ether oxygens (including phenoxy) is 1. The van der Waals surface area contributed by atoms with Crippen LogP contribution in [0, 0.1) is 0 Å². The Morgan fingerprint density at radius 2 is 1.76 bits per heavy atom. The number of hydrogen-bond acceptors (Lipinski definition) is 6. The molecule has 4 fully saturated rings. The minimum Gasteiger partial charge on any atom is -0.497 e. The van der Waals surface area contributed by atoms with Crippen LogP contribution in [0.3, 0.4) is 0 Å². The Balaban J connectivity index is 1.29. The van der Waals surface area contributed by atoms with E-state index in [0.717, 1.165) is 65.8 Å². The van der Waals surface area contributed by atoms with Gasteiger partial charge in [0.15, 0.2) is 0 Å². The number of likely N-dealkylation sites (tertiary alicyclic amines) is 2. The average molecular weight is 629 g/mol. The highest BCUT2D eigenvalue weighted by molar-refractivity contribution is 7.91. The van der Waals surface area contributed by atoms with Gasteiger partial charge in [-0.15, -0.1) is 0 Å². The molecular formula is C35H40N4O5S. The van der Waals surface area contributed by atoms with Gasteiger partial charge < -0.3 is 14.2 Å². The number of methoxy groups -OCH3 is 1. The van der Waals surface area contributed by atoms with Crippen LogP contribution in [0.25, 0.3) is 28.2 Å². The predicted octanol–water partition coefficient (Wildman–Crippen LogP) is 4.90. The van der Waals surface area contributed by atoms with Crippen molar-refractivity contribution in [2.75, 3.05) is 27.2 Å². The fourth-order valence-electron chi connectivity index (χ4n) is 8.26. The summed E-state index contributed by atoms with van der Waals surface area (Å²) < 4.78 is 35.4. The number of nitrogens with zero attached hydrogens (tertiary/aromatic N) is 3. The highest BCUT2D eigenvalue weighted by atomic mass is 32.2. The second kappa shape index (κ2) is 10.7. The molecule has 1 N–H and O–H groups in total. The van der Waals surface area contributed by atoms with Gasteiger partial charge in [0.05, 0.1) is 24.6 Å². The molecule has 2 atom stereocenters. The lowest BCUT2D eigenvalue weighted by molar-refractivity contribution is -0.129. The van der Waals surface area contributed by atoms with Crippen LogP contribution in [0.1, 0.15) is 78.8 Å². The van der Waals surface area contributed by atoms with Gasteiger partial charge in [0.25, 0.3) is 11.8 Å². The summed E-state index contributed by atoms with van der Waals surface area (Å²) in [6.45, 7) is 1.98. The Hall–Kier alpha value is -3.63. The average Bonchev–Trinajstić information content (AvgIpc) is 3.70. The Labute approximate surface area is 264 Å². The van der Waals surface area contributed by atoms with Gasteiger partial charge in [-0.05, 0) is 92.6 Å². The number of fused-ring (bicyclic) bond motifs is 7. The van der Waals surface area contributed by atoms with Crippen molar-refractivity contribution in [2.45, 2.75) is 81.2 Å². The van der Waals surface area contributed by atoms with E-state index in [1.54, 1.807) is 13.2 Å². The van der Waals surface area contributed by atoms with Crippen molar-refractivity contribution in [1.82, 2.24) is 19.1 Å². The molecule has 9 nitrogen and oxygen atoms in total. The molecule has 2 bridgehead atoms. The number of piperazine rings is 1. The minimum absolute atomic E-state index is 0.0581. The Morgan fingerprint density at radius 1 is 0.956 bits per heavy atom. The number of nitrogens with one attached hydrogen (secondary N) is 1. The zero-order chi connectivity index (χ0) is 31.0. The van der Waals surface area contributed by atoms with E-state index in [-0.39, 0.29) is 11.9 Å². The summed E-state index contributed by atoms with van der Waals surface area (Å²) in [4.78, 5) is 32.0. The number of rotatable bonds is 6. The molecule has 236 valence electrons. The summed E-state index contributed by atoms with van der Waals surface area (Å²) in [5, 5.41) is 0.580. The van der Waals surface area contributed by atoms with Gasteiger partial charge in [-0.3, -0.25) is 14.5 Å². The summed E-state index contributed by atoms with van der Waals surface area (Å²) in [5.74, 6) is 0.534. The summed E-state index contributed by atoms with van der Waals surface area (Å²) in [6.07, 6.45) is 9.95. The van der Waals surface area contributed by atoms with E-state index in [1.165, 1.54) is 24.8 Å². The van der Waals surface area contributed by atoms with Crippen molar-refractivity contribution in [2.24, 2.45) is 0 Å². The molecule has 2 saturated carbocycles. The highest BCUT2D eigenvalue weighted by Gasteiger charge is 2.44. The van der Waals surface area contributed by atoms with E-state index in [4.69, 9.17) is 4.74 Å². The van der Waals surface area contributed by atoms with Gasteiger partial charge in [0.2, 0.25) is 10.0 Å². The molecule has 4 heterocycles. The van der Waals surface area contributed by atoms with Crippen LogP contribution >= 0.6 is 0 Å². The Kier molecular flexibility index (Phi) is 6.87. The molecule has 8 rings (SSSR count). The zero-order valence-corrected chi connectivity index (χ0v) is 26.7. The predicted molar refractivity (Wildman–Crippen MR) is 174 cm³/mol. The molecule has 2 aromatic carbocycles. The maximum Gasteiger partial charge on any atom is 0.264 e. The number of benzene rings is 2. The van der Waals surface area contributed by atoms with Crippen LogP contribution in [0.4, 0.5) is 0 Å². The number of aromatic nitrogens is 1. The fourth-order valence-corrected chi connectivity index (χ4v) is 9.56. The second-order valence-corrected chi connectivity index (χ2v) is 15.6. The molecule has 2 saturated heterocycles. The lowest BCUT2D eigenvalue weighted by Gasteiger charge is -2.32. The Morgan fingerprint density at radius 3 is 2.44 bits per heavy atom. The number of amides is 2. The SMILES string of the molecule is COc1ccc2c(c1)C=C(C(=O)N1CC3CC1CN3C)Cn1c-2c(C2CCCCC2)c2ccc(C(=O)NS(=O)(=O)C3CC3)cc21. The van der Waals surface area contributed by atoms with Crippen LogP contribution in [-0.2, 0) is 21.4 Å². The largest absolute Gasteiger partial charge is 0.497 e. The third kappa shape index (κ3) is 4.88. The van der Waals surface area contributed by atoms with Gasteiger partial charge in [0.1, 0.15) is 5.75 Å². The van der Waals surface area contributed by atoms with E-state index in [0.29, 0.717) is 42.5 Å². The normalized spacial score (nSPS) is 23.4. The number of hydrogen-bond donors (Lipinski definition) is 1. The molecule has 2 aliphatic carbocycles. The zero-order valence-electron chi connectivity index (χ0n) is 25.9. The molecule has 3 aliphatic heterocycles. The molecule has 0 spiro atoms. The Bertz CT molecular complexity index is 1870. The standard InChI is InChI=1S/C35H40N4O5S/c1-37-19-26-17-25(37)20-38(26)35(41)24-14-23-15-27(44-2)9-13-29(23)33-32(21-6-4-3-5-7-21)30-12-8-22(16-31(30)39(33)18-24)34(40)36-45(42,43)28-10-11-28/h8-9,12-16,21,25-26,28H,3-7,10-11,17-20H2,1-2H3,(H,36,40). The van der Waals surface area contributed by atoms with E-state index in [2.05, 4.69) is 32.2 Å². The molecule has 2 unspecified atom stereocenters. The van der Waals surface area contributed by atoms with Crippen LogP contribution in [0.2, 0.25) is 0 Å². The maximum absolute atomic E-state index is 14.3. The third-order valence-electron chi connectivity index (χ3n) is 10.8. The smallest absolute Gasteiger partial charge is 0.264 e. The van der Waals surface area contributed by atoms with Crippen molar-refractivity contribution in [3.63, 3.8) is 0 Å². The van der Waals surface area contributed by atoms with Gasteiger partial charge in [-0.1, -0.05) is 25.3 Å². The first-order valence-corrected chi connectivity index (χ1v) is 17.9. The minimum atomic E-state index is -3.69. The van der Waals surface area contributed by atoms with E-state index < -0.39 is 21.2 Å². The van der Waals surface area contributed by atoms with E-state index >= 15 is 0 Å². The second-order valence-electron chi connectivity index (χ2n) is 13.7. The first-order valence-electron chi connectivity index (χ1n) is 16.3. The molecule has 3 aromatic rings. The van der Waals surface area contributed by atoms with Crippen molar-refractivity contribution in [3.05, 3.63) is 58.7 Å². The summed E-state index contributed by atoms with van der Waals surface area (Å²) in [5.41, 5.74) is 6.20. The first kappa shape index (κ1) is 28.8. The first-order chi connectivity index (χ1) is 21.7. The number of carbonyl (C=O) groups excluding carboxylic acids is 2. The van der Waals surface area contributed by atoms with Gasteiger partial charge in [-0.25, -0.2) is 13.1 Å². The number of carbonyl (C=O) groups is 2. The molecule has 45 heavy (non-hydrogen) atoms. The molecule has 0 radical (unpaired) electrons. The van der Waals surface area contributed by atoms with Crippen molar-refractivity contribution in [1.29, 1.82) is 0 Å². The van der Waals surface area contributed by atoms with E-state index in [1.807, 2.05) is 30.3 Å². The lowest BCUT2D eigenvalue weighted by Crippen LogP contribution is -2.47. The van der Waals surface area contributed by atoms with Gasteiger partial charge in [-0.2, -0.15) is 0 Å². The lowest BCUT2D eigenvalue weighted by atomic mass is 9.81. The van der Waals surface area contributed by atoms with Crippen molar-refractivity contribution >= 4 is 38.8 Å². The quantitative estimate of drug-likeness (QED) is 0.417. The molecule has 10 heteroatoms. The summed E-state index contributed by atoms with van der Waals surface area (Å²) >= 11 is 0. The fraction of sp³-hybridized carbons (Fsp3) is 0.486. The summed E-state index contributed by atoms with van der Waals surface area (Å²) in [7, 11) is 0.104. The van der Waals surface area contributed by atoms with E-state index in [9.17, 15) is 18.0 Å². The van der Waals surface area contributed by atoms with Crippen molar-refractivity contribution in [3.8, 4) is 17.0 Å². The van der Waals surface area contributed by atoms with Crippen LogP contribution < -0.4 is 9.46 Å². The highest BCUT2D eigenvalue weighted by Crippen LogP contribution is 2.47. The molecular weight excluding hydrogens is 588 g/mol. The topological polar surface area (TPSA) is 101 Å². The van der Waals surface area contributed by atoms with Crippen LogP contribution in [0.5, 0.6) is 5.75 Å². The molecule has 5 aliphatic rings. The van der Waals surface area contributed by atoms with Gasteiger partial charge >= 0.3 is 0 Å². The van der Waals surface area contributed by atoms with Crippen LogP contribution in [-0.4, -0.2) is 79.2 Å². The van der Waals surface area contributed by atoms with Crippen molar-refractivity contribution < 1.29 is 22.7 Å². The molecule has 2 amide bonds. The number of likely N-dealkylation sites (N-methyl/N-ethyl adjacent to an activating group) is 1.